The Kier molecular flexibility index (Phi) is 23.7. The number of amides is 5. The summed E-state index contributed by atoms with van der Waals surface area (Å²) in [5.74, 6) is -0.816. The number of Topliss-reactive ketones (excluding diaryl/α,β-unsaturated/α-hetero) is 2. The van der Waals surface area contributed by atoms with Crippen molar-refractivity contribution >= 4 is 162 Å². The van der Waals surface area contributed by atoms with Crippen LogP contribution in [0.25, 0.3) is 15.9 Å². The van der Waals surface area contributed by atoms with Crippen molar-refractivity contribution in [1.29, 1.82) is 10.5 Å². The molecule has 0 radical (unpaired) electrons. The number of methoxy groups -OCH3 is 1. The van der Waals surface area contributed by atoms with Gasteiger partial charge in [-0.2, -0.15) is 25.6 Å². The number of imide groups is 1. The van der Waals surface area contributed by atoms with Gasteiger partial charge in [0.05, 0.1) is 104 Å². The zero-order valence-electron chi connectivity index (χ0n) is 57.1. The standard InChI is InChI=1S/C26H23Cl2N3O5.C23H16Cl2N4O4.C18H17Cl2N3O2.C6H8N2O3/c1-3-35-24(34)12-22(32)20(13-29)30-14-15-8-18(27)25(19(28)9-15)36-17-5-4-16-10-23(33)31(21(16)11-17)26(2)6-7-26;1-23(4-5-23)28-18-9-14(3-2-12(18)6-20(28)31)33-22-15(24)7-13(8-16(22)25)29-21(32)10-19(30)17(11-26)27-29;1-18(5-6-18)23-15-9-11(3-4-14(15)22-17(23)24-2)25-16-12(19)7-10(21)8-13(16)20;1-3-11-6(10)8-5(9)4-7-2/h4-5,8-9,11H,3,6-7,10,12,14H2,1-2H3;2-3,7-9H,4-6,10H2,1H3;3-4,7-9H,5-6,21H2,1-2H3;3-4H2,1H3,(H,8,9,10). The fraction of sp³-hybridized carbons (Fsp3) is 0.315. The van der Waals surface area contributed by atoms with Crippen LogP contribution in [0.3, 0.4) is 0 Å². The molecule has 3 aliphatic carbocycles. The number of rotatable bonds is 19. The molecule has 0 saturated heterocycles. The van der Waals surface area contributed by atoms with Crippen LogP contribution in [0.4, 0.5) is 27.5 Å². The molecule has 3 N–H and O–H groups in total. The number of hydrogen-bond acceptors (Lipinski definition) is 20. The number of nitrogens with one attached hydrogen (secondary N) is 1. The number of ether oxygens (including phenoxy) is 6. The molecule has 0 atom stereocenters. The number of ketones is 2. The fourth-order valence-electron chi connectivity index (χ4n) is 11.4. The molecule has 1 aromatic heterocycles. The highest BCUT2D eigenvalue weighted by Gasteiger charge is 2.51. The second-order valence-corrected chi connectivity index (χ2v) is 27.8. The summed E-state index contributed by atoms with van der Waals surface area (Å²) in [4.78, 5) is 109. The third-order valence-electron chi connectivity index (χ3n) is 17.3. The minimum absolute atomic E-state index is 0.0369. The van der Waals surface area contributed by atoms with Crippen molar-refractivity contribution in [2.24, 2.45) is 10.1 Å². The molecule has 5 amide bonds. The maximum Gasteiger partial charge on any atom is 0.414 e. The monoisotopic (exact) mass is 1540 g/mol. The number of fused-ring (bicyclic) bond motifs is 3. The molecular formula is C73H64Cl6N12O14. The highest BCUT2D eigenvalue weighted by molar-refractivity contribution is 6.50. The number of aliphatic imine (C=N–C) groups is 1. The van der Waals surface area contributed by atoms with E-state index in [-0.39, 0.29) is 97.7 Å². The van der Waals surface area contributed by atoms with E-state index in [4.69, 9.17) is 111 Å². The first kappa shape index (κ1) is 77.1. The first-order valence-corrected chi connectivity index (χ1v) is 34.8. The summed E-state index contributed by atoms with van der Waals surface area (Å²) in [6.07, 6.45) is 4.93. The van der Waals surface area contributed by atoms with Gasteiger partial charge in [-0.25, -0.2) is 11.4 Å². The number of aromatic nitrogens is 2. The quantitative estimate of drug-likeness (QED) is 0.0250. The summed E-state index contributed by atoms with van der Waals surface area (Å²) >= 11 is 38.1. The molecule has 3 saturated carbocycles. The summed E-state index contributed by atoms with van der Waals surface area (Å²) in [6.45, 7) is 15.8. The normalized spacial score (nSPS) is 15.8. The molecular weight excluding hydrogens is 1480 g/mol. The Morgan fingerprint density at radius 1 is 0.657 bits per heavy atom. The van der Waals surface area contributed by atoms with Gasteiger partial charge in [0.25, 0.3) is 18.5 Å². The van der Waals surface area contributed by atoms with E-state index in [0.717, 1.165) is 77.1 Å². The second kappa shape index (κ2) is 32.3. The maximum atomic E-state index is 12.6. The third kappa shape index (κ3) is 17.8. The van der Waals surface area contributed by atoms with Crippen molar-refractivity contribution < 1.29 is 66.8 Å². The number of esters is 1. The lowest BCUT2D eigenvalue weighted by molar-refractivity contribution is -0.144. The van der Waals surface area contributed by atoms with Gasteiger partial charge in [0.15, 0.2) is 23.0 Å². The number of halogens is 6. The lowest BCUT2D eigenvalue weighted by Crippen LogP contribution is -2.37. The van der Waals surface area contributed by atoms with Crippen molar-refractivity contribution in [3.05, 3.63) is 149 Å². The minimum atomic E-state index is -0.804. The van der Waals surface area contributed by atoms with Crippen LogP contribution < -0.4 is 44.8 Å². The lowest BCUT2D eigenvalue weighted by Gasteiger charge is -2.25. The number of alkyl carbamates (subject to hydrolysis) is 1. The molecule has 32 heteroatoms. The molecule has 0 spiro atoms. The van der Waals surface area contributed by atoms with Crippen LogP contribution in [0.1, 0.15) is 103 Å². The highest BCUT2D eigenvalue weighted by atomic mass is 35.5. The molecule has 3 fully saturated rings. The first-order chi connectivity index (χ1) is 50.0. The first-order valence-electron chi connectivity index (χ1n) is 32.5. The van der Waals surface area contributed by atoms with E-state index in [0.29, 0.717) is 63.1 Å². The lowest BCUT2D eigenvalue weighted by atomic mass is 10.1. The number of hydrazone groups is 1. The van der Waals surface area contributed by atoms with Crippen LogP contribution in [-0.2, 0) is 68.0 Å². The van der Waals surface area contributed by atoms with E-state index < -0.39 is 54.0 Å². The third-order valence-corrected chi connectivity index (χ3v) is 19.0. The van der Waals surface area contributed by atoms with Crippen molar-refractivity contribution in [2.75, 3.05) is 47.4 Å². The van der Waals surface area contributed by atoms with Gasteiger partial charge in [0.2, 0.25) is 29.1 Å². The Labute approximate surface area is 631 Å². The summed E-state index contributed by atoms with van der Waals surface area (Å²) in [5, 5.41) is 26.3. The molecule has 13 rings (SSSR count). The molecule has 6 aliphatic rings. The molecule has 0 unspecified atom stereocenters. The number of nitrogens with zero attached hydrogens (tertiary/aromatic N) is 10. The number of anilines is 4. The Morgan fingerprint density at radius 3 is 1.61 bits per heavy atom. The van der Waals surface area contributed by atoms with E-state index in [2.05, 4.69) is 50.0 Å². The fourth-order valence-corrected chi connectivity index (χ4v) is 13.1. The average Bonchev–Trinajstić information content (AvgIpc) is 1.60. The summed E-state index contributed by atoms with van der Waals surface area (Å²) in [5.41, 5.74) is 11.3. The van der Waals surface area contributed by atoms with Gasteiger partial charge in [-0.3, -0.25) is 48.4 Å². The van der Waals surface area contributed by atoms with Crippen LogP contribution in [0.15, 0.2) is 101 Å². The molecule has 542 valence electrons. The number of hydrogen-bond donors (Lipinski definition) is 2. The summed E-state index contributed by atoms with van der Waals surface area (Å²) in [7, 11) is 1.63. The van der Waals surface area contributed by atoms with Crippen molar-refractivity contribution in [3.63, 3.8) is 0 Å². The zero-order chi connectivity index (χ0) is 76.0. The van der Waals surface area contributed by atoms with E-state index >= 15 is 0 Å². The van der Waals surface area contributed by atoms with Crippen molar-refractivity contribution in [2.45, 2.75) is 122 Å². The predicted molar refractivity (Wildman–Crippen MR) is 394 cm³/mol. The molecule has 0 bridgehead atoms. The topological polar surface area (TPSA) is 334 Å². The van der Waals surface area contributed by atoms with Crippen molar-refractivity contribution in [1.82, 2.24) is 14.9 Å². The van der Waals surface area contributed by atoms with E-state index in [9.17, 15) is 43.6 Å². The predicted octanol–water partition coefficient (Wildman–Crippen LogP) is 15.0. The van der Waals surface area contributed by atoms with Gasteiger partial charge < -0.3 is 48.8 Å². The molecule has 3 aliphatic heterocycles. The molecule has 4 heterocycles. The van der Waals surface area contributed by atoms with E-state index in [1.54, 1.807) is 75.6 Å². The molecule has 6 aromatic carbocycles. The Balaban J connectivity index is 0.000000159. The molecule has 105 heavy (non-hydrogen) atoms. The molecule has 7 aromatic rings. The smallest absolute Gasteiger partial charge is 0.414 e. The highest BCUT2D eigenvalue weighted by Crippen LogP contribution is 2.52. The van der Waals surface area contributed by atoms with Gasteiger partial charge in [0.1, 0.15) is 35.8 Å². The van der Waals surface area contributed by atoms with Gasteiger partial charge >= 0.3 is 18.0 Å². The van der Waals surface area contributed by atoms with Crippen LogP contribution >= 0.6 is 69.6 Å². The second-order valence-electron chi connectivity index (χ2n) is 25.3. The summed E-state index contributed by atoms with van der Waals surface area (Å²) < 4.78 is 34.6. The van der Waals surface area contributed by atoms with Gasteiger partial charge in [0, 0.05) is 40.5 Å². The van der Waals surface area contributed by atoms with E-state index in [1.807, 2.05) is 51.5 Å². The van der Waals surface area contributed by atoms with E-state index in [1.165, 1.54) is 12.1 Å². The van der Waals surface area contributed by atoms with Crippen LogP contribution in [0, 0.1) is 29.2 Å². The van der Waals surface area contributed by atoms with Crippen molar-refractivity contribution in [3.8, 4) is 52.6 Å². The number of imidazole rings is 1. The summed E-state index contributed by atoms with van der Waals surface area (Å²) in [6, 6.07) is 29.7. The van der Waals surface area contributed by atoms with Gasteiger partial charge in [-0.15, -0.1) is 0 Å². The number of nitriles is 2. The number of carbonyl (C=O) groups is 8. The van der Waals surface area contributed by atoms with Crippen LogP contribution in [0.5, 0.6) is 40.5 Å². The maximum absolute atomic E-state index is 12.6. The molecule has 26 nitrogen and oxygen atoms in total. The Morgan fingerprint density at radius 2 is 1.14 bits per heavy atom. The number of carbonyl (C=O) groups excluding carboxylic acids is 8. The van der Waals surface area contributed by atoms with Crippen LogP contribution in [0.2, 0.25) is 30.1 Å². The number of benzene rings is 6. The number of nitrogen functional groups attached to an aromatic ring is 1. The largest absolute Gasteiger partial charge is 0.468 e. The average molecular weight is 1550 g/mol. The number of nitrogens with two attached hydrogens (primary N) is 1. The minimum Gasteiger partial charge on any atom is -0.468 e. The SMILES string of the molecule is CC1(N2C(=O)Cc3ccc(Oc4c(Cl)cc(N5N=C(C#N)C(=O)CC5=O)cc4Cl)cc32)CC1.CCOC(=O)CC(=O)C(C#N)=NCc1cc(Cl)c(Oc2ccc3c(c2)N(C2(C)CC2)C(=O)C3)c(Cl)c1.COc1nc2ccc(Oc3c(Cl)cc(N)cc3Cl)cc2n1C1(C)CC1.[C-]#[N+]CC(=O)NC(=O)OCC. The Hall–Kier alpha value is -10.5. The zero-order valence-corrected chi connectivity index (χ0v) is 61.6. The van der Waals surface area contributed by atoms with Gasteiger partial charge in [-0.05, 0) is 150 Å². The van der Waals surface area contributed by atoms with Gasteiger partial charge in [-0.1, -0.05) is 81.7 Å². The van der Waals surface area contributed by atoms with Crippen LogP contribution in [-0.4, -0.2) is 106 Å². The Bertz CT molecular complexity index is 4880.